The zero-order chi connectivity index (χ0) is 17.6. The molecule has 0 aliphatic carbocycles. The number of rotatable bonds is 5. The van der Waals surface area contributed by atoms with Crippen molar-refractivity contribution in [1.82, 2.24) is 9.88 Å². The lowest BCUT2D eigenvalue weighted by Gasteiger charge is -2.12. The fraction of sp³-hybridized carbons (Fsp3) is 0.143. The third-order valence-corrected chi connectivity index (χ3v) is 4.20. The highest BCUT2D eigenvalue weighted by Gasteiger charge is 2.09. The molecule has 0 aliphatic heterocycles. The zero-order valence-electron chi connectivity index (χ0n) is 14.2. The molecule has 3 aromatic rings. The molecule has 1 heterocycles. The summed E-state index contributed by atoms with van der Waals surface area (Å²) in [5.74, 6) is 0.146. The van der Waals surface area contributed by atoms with Crippen LogP contribution in [-0.4, -0.2) is 10.4 Å². The lowest BCUT2D eigenvalue weighted by Crippen LogP contribution is -2.32. The maximum absolute atomic E-state index is 12.7. The summed E-state index contributed by atoms with van der Waals surface area (Å²) < 4.78 is 1.65. The number of pyridine rings is 1. The van der Waals surface area contributed by atoms with Crippen molar-refractivity contribution >= 4 is 5.84 Å². The van der Waals surface area contributed by atoms with Crippen molar-refractivity contribution in [2.24, 2.45) is 0 Å². The van der Waals surface area contributed by atoms with Crippen LogP contribution in [0.4, 0.5) is 0 Å². The molecule has 0 fully saturated rings. The Hall–Kier alpha value is -3.14. The van der Waals surface area contributed by atoms with Crippen molar-refractivity contribution in [2.75, 3.05) is 0 Å². The first-order valence-corrected chi connectivity index (χ1v) is 8.26. The van der Waals surface area contributed by atoms with Crippen molar-refractivity contribution in [3.05, 3.63) is 106 Å². The van der Waals surface area contributed by atoms with Crippen molar-refractivity contribution < 1.29 is 0 Å². The Morgan fingerprint density at radius 2 is 1.72 bits per heavy atom. The first kappa shape index (κ1) is 16.7. The minimum Gasteiger partial charge on any atom is -0.366 e. The second-order valence-electron chi connectivity index (χ2n) is 6.00. The second-order valence-corrected chi connectivity index (χ2v) is 6.00. The Kier molecular flexibility index (Phi) is 5.09. The lowest BCUT2D eigenvalue weighted by atomic mass is 10.1. The van der Waals surface area contributed by atoms with Crippen LogP contribution in [0, 0.1) is 12.3 Å². The average Bonchev–Trinajstić information content (AvgIpc) is 2.64. The SMILES string of the molecule is Cc1ccccc1Cn1cccc(C(=N)NCc2ccccc2)c1=O. The van der Waals surface area contributed by atoms with E-state index in [2.05, 4.69) is 5.32 Å². The molecule has 0 saturated heterocycles. The number of amidine groups is 1. The van der Waals surface area contributed by atoms with Crippen LogP contribution in [-0.2, 0) is 13.1 Å². The summed E-state index contributed by atoms with van der Waals surface area (Å²) in [7, 11) is 0. The molecule has 0 saturated carbocycles. The minimum atomic E-state index is -0.156. The minimum absolute atomic E-state index is 0.146. The Bertz CT molecular complexity index is 929. The Morgan fingerprint density at radius 1 is 1.00 bits per heavy atom. The summed E-state index contributed by atoms with van der Waals surface area (Å²) in [4.78, 5) is 12.7. The lowest BCUT2D eigenvalue weighted by molar-refractivity contribution is 0.751. The van der Waals surface area contributed by atoms with Gasteiger partial charge in [0.1, 0.15) is 5.84 Å². The topological polar surface area (TPSA) is 57.9 Å². The van der Waals surface area contributed by atoms with Gasteiger partial charge in [-0.15, -0.1) is 0 Å². The third kappa shape index (κ3) is 4.04. The van der Waals surface area contributed by atoms with E-state index in [1.807, 2.05) is 67.6 Å². The van der Waals surface area contributed by atoms with Gasteiger partial charge in [-0.3, -0.25) is 10.2 Å². The molecule has 126 valence electrons. The van der Waals surface area contributed by atoms with Crippen LogP contribution in [0.3, 0.4) is 0 Å². The predicted octanol–water partition coefficient (Wildman–Crippen LogP) is 3.32. The summed E-state index contributed by atoms with van der Waals surface area (Å²) in [6.07, 6.45) is 1.77. The van der Waals surface area contributed by atoms with Gasteiger partial charge in [-0.2, -0.15) is 0 Å². The molecule has 2 N–H and O–H groups in total. The van der Waals surface area contributed by atoms with Gasteiger partial charge in [0.25, 0.3) is 5.56 Å². The second kappa shape index (κ2) is 7.62. The number of nitrogens with one attached hydrogen (secondary N) is 2. The van der Waals surface area contributed by atoms with Crippen molar-refractivity contribution in [3.63, 3.8) is 0 Å². The molecule has 2 aromatic carbocycles. The van der Waals surface area contributed by atoms with Crippen LogP contribution in [0.1, 0.15) is 22.3 Å². The Balaban J connectivity index is 1.77. The average molecular weight is 331 g/mol. The summed E-state index contributed by atoms with van der Waals surface area (Å²) >= 11 is 0. The highest BCUT2D eigenvalue weighted by Crippen LogP contribution is 2.08. The fourth-order valence-corrected chi connectivity index (χ4v) is 2.70. The molecule has 3 rings (SSSR count). The molecule has 0 bridgehead atoms. The quantitative estimate of drug-likeness (QED) is 0.556. The van der Waals surface area contributed by atoms with E-state index in [-0.39, 0.29) is 11.4 Å². The van der Waals surface area contributed by atoms with E-state index < -0.39 is 0 Å². The molecule has 0 amide bonds. The molecule has 0 aliphatic rings. The number of aromatic nitrogens is 1. The van der Waals surface area contributed by atoms with Gasteiger partial charge in [-0.05, 0) is 35.7 Å². The number of hydrogen-bond acceptors (Lipinski definition) is 2. The molecular weight excluding hydrogens is 310 g/mol. The van der Waals surface area contributed by atoms with Gasteiger partial charge in [-0.1, -0.05) is 54.6 Å². The Labute approximate surface area is 147 Å². The van der Waals surface area contributed by atoms with Crippen LogP contribution in [0.25, 0.3) is 0 Å². The van der Waals surface area contributed by atoms with Gasteiger partial charge in [0.2, 0.25) is 0 Å². The van der Waals surface area contributed by atoms with Gasteiger partial charge in [0.15, 0.2) is 0 Å². The zero-order valence-corrected chi connectivity index (χ0v) is 14.2. The first-order chi connectivity index (χ1) is 12.1. The highest BCUT2D eigenvalue weighted by molar-refractivity contribution is 5.95. The molecule has 25 heavy (non-hydrogen) atoms. The predicted molar refractivity (Wildman–Crippen MR) is 101 cm³/mol. The van der Waals surface area contributed by atoms with Crippen LogP contribution in [0.5, 0.6) is 0 Å². The van der Waals surface area contributed by atoms with E-state index in [4.69, 9.17) is 5.41 Å². The van der Waals surface area contributed by atoms with Crippen LogP contribution < -0.4 is 10.9 Å². The van der Waals surface area contributed by atoms with Crippen molar-refractivity contribution in [3.8, 4) is 0 Å². The van der Waals surface area contributed by atoms with Crippen LogP contribution in [0.2, 0.25) is 0 Å². The molecule has 4 heteroatoms. The van der Waals surface area contributed by atoms with Gasteiger partial charge in [0.05, 0.1) is 12.1 Å². The van der Waals surface area contributed by atoms with Gasteiger partial charge < -0.3 is 9.88 Å². The first-order valence-electron chi connectivity index (χ1n) is 8.26. The van der Waals surface area contributed by atoms with Crippen molar-refractivity contribution in [2.45, 2.75) is 20.0 Å². The van der Waals surface area contributed by atoms with E-state index in [1.54, 1.807) is 16.8 Å². The highest BCUT2D eigenvalue weighted by atomic mass is 16.1. The summed E-state index contributed by atoms with van der Waals surface area (Å²) in [5, 5.41) is 11.2. The maximum Gasteiger partial charge on any atom is 0.261 e. The standard InChI is InChI=1S/C21H21N3O/c1-16-8-5-6-11-18(16)15-24-13-7-12-19(21(24)25)20(22)23-14-17-9-3-2-4-10-17/h2-13H,14-15H2,1H3,(H2,22,23). The monoisotopic (exact) mass is 331 g/mol. The molecular formula is C21H21N3O. The maximum atomic E-state index is 12.7. The number of benzene rings is 2. The smallest absolute Gasteiger partial charge is 0.261 e. The van der Waals surface area contributed by atoms with E-state index in [0.29, 0.717) is 18.7 Å². The normalized spacial score (nSPS) is 10.4. The molecule has 0 atom stereocenters. The third-order valence-electron chi connectivity index (χ3n) is 4.20. The number of nitrogens with zero attached hydrogens (tertiary/aromatic N) is 1. The molecule has 0 radical (unpaired) electrons. The van der Waals surface area contributed by atoms with E-state index in [0.717, 1.165) is 16.7 Å². The number of aryl methyl sites for hydroxylation is 1. The molecule has 1 aromatic heterocycles. The largest absolute Gasteiger partial charge is 0.366 e. The van der Waals surface area contributed by atoms with Crippen molar-refractivity contribution in [1.29, 1.82) is 5.41 Å². The summed E-state index contributed by atoms with van der Waals surface area (Å²) in [5.41, 5.74) is 3.55. The molecule has 4 nitrogen and oxygen atoms in total. The van der Waals surface area contributed by atoms with E-state index in [9.17, 15) is 4.79 Å². The van der Waals surface area contributed by atoms with E-state index >= 15 is 0 Å². The van der Waals surface area contributed by atoms with Crippen LogP contribution >= 0.6 is 0 Å². The fourth-order valence-electron chi connectivity index (χ4n) is 2.70. The molecule has 0 unspecified atom stereocenters. The van der Waals surface area contributed by atoms with Crippen LogP contribution in [0.15, 0.2) is 77.7 Å². The summed E-state index contributed by atoms with van der Waals surface area (Å²) in [6.45, 7) is 3.06. The summed E-state index contributed by atoms with van der Waals surface area (Å²) in [6, 6.07) is 21.4. The van der Waals surface area contributed by atoms with Gasteiger partial charge in [-0.25, -0.2) is 0 Å². The Morgan fingerprint density at radius 3 is 2.48 bits per heavy atom. The van der Waals surface area contributed by atoms with Gasteiger partial charge >= 0.3 is 0 Å². The van der Waals surface area contributed by atoms with Gasteiger partial charge in [0, 0.05) is 12.7 Å². The molecule has 0 spiro atoms. The number of hydrogen-bond donors (Lipinski definition) is 2. The van der Waals surface area contributed by atoms with E-state index in [1.165, 1.54) is 0 Å².